The van der Waals surface area contributed by atoms with E-state index in [1.54, 1.807) is 6.07 Å². The summed E-state index contributed by atoms with van der Waals surface area (Å²) in [6, 6.07) is 7.30. The first-order valence-corrected chi connectivity index (χ1v) is 7.12. The third-order valence-electron chi connectivity index (χ3n) is 4.14. The van der Waals surface area contributed by atoms with Crippen molar-refractivity contribution in [2.45, 2.75) is 25.7 Å². The summed E-state index contributed by atoms with van der Waals surface area (Å²) in [5.41, 5.74) is 7.00. The summed E-state index contributed by atoms with van der Waals surface area (Å²) in [5, 5.41) is 0. The van der Waals surface area contributed by atoms with E-state index in [1.165, 1.54) is 4.90 Å². The average Bonchev–Trinajstić information content (AvgIpc) is 3.13. The normalized spacial score (nSPS) is 19.7. The minimum absolute atomic E-state index is 0.0660. The Morgan fingerprint density at radius 1 is 1.30 bits per heavy atom. The van der Waals surface area contributed by atoms with Crippen molar-refractivity contribution in [2.24, 2.45) is 11.1 Å². The molecule has 1 fully saturated rings. The zero-order valence-corrected chi connectivity index (χ0v) is 11.9. The summed E-state index contributed by atoms with van der Waals surface area (Å²) < 4.78 is 0. The lowest BCUT2D eigenvalue weighted by Gasteiger charge is -2.30. The molecule has 1 aliphatic carbocycles. The van der Waals surface area contributed by atoms with Gasteiger partial charge in [-0.2, -0.15) is 0 Å². The Bertz CT molecular complexity index is 608. The van der Waals surface area contributed by atoms with Crippen LogP contribution >= 0.6 is 12.2 Å². The summed E-state index contributed by atoms with van der Waals surface area (Å²) in [4.78, 5) is 26.5. The maximum atomic E-state index is 12.5. The maximum absolute atomic E-state index is 12.5. The first-order valence-electron chi connectivity index (χ1n) is 6.72. The predicted octanol–water partition coefficient (Wildman–Crippen LogP) is 1.67. The molecular formula is C15H16N2O2S. The number of amides is 2. The van der Waals surface area contributed by atoms with E-state index < -0.39 is 0 Å². The molecule has 1 aliphatic heterocycles. The largest absolute Gasteiger partial charge is 0.393 e. The van der Waals surface area contributed by atoms with Gasteiger partial charge in [0.2, 0.25) is 5.91 Å². The van der Waals surface area contributed by atoms with Crippen LogP contribution in [0.2, 0.25) is 0 Å². The van der Waals surface area contributed by atoms with Crippen molar-refractivity contribution in [3.05, 3.63) is 35.4 Å². The van der Waals surface area contributed by atoms with E-state index in [0.717, 1.165) is 18.4 Å². The van der Waals surface area contributed by atoms with Crippen molar-refractivity contribution in [1.29, 1.82) is 0 Å². The van der Waals surface area contributed by atoms with Gasteiger partial charge in [0.15, 0.2) is 0 Å². The minimum Gasteiger partial charge on any atom is -0.393 e. The number of hydrogen-bond acceptors (Lipinski definition) is 3. The molecule has 0 spiro atoms. The fourth-order valence-corrected chi connectivity index (χ4v) is 3.14. The smallest absolute Gasteiger partial charge is 0.260 e. The monoisotopic (exact) mass is 288 g/mol. The maximum Gasteiger partial charge on any atom is 0.260 e. The molecule has 2 N–H and O–H groups in total. The topological polar surface area (TPSA) is 63.4 Å². The Labute approximate surface area is 122 Å². The third-order valence-corrected chi connectivity index (χ3v) is 4.28. The van der Waals surface area contributed by atoms with E-state index in [9.17, 15) is 9.59 Å². The molecule has 104 valence electrons. The lowest BCUT2D eigenvalue weighted by atomic mass is 9.95. The summed E-state index contributed by atoms with van der Waals surface area (Å²) in [6.07, 6.45) is 2.86. The quantitative estimate of drug-likeness (QED) is 0.676. The van der Waals surface area contributed by atoms with Crippen LogP contribution in [0.5, 0.6) is 0 Å². The Balaban J connectivity index is 1.83. The first-order chi connectivity index (χ1) is 9.51. The molecule has 3 rings (SSSR count). The van der Waals surface area contributed by atoms with Crippen LogP contribution in [0.3, 0.4) is 0 Å². The van der Waals surface area contributed by atoms with Gasteiger partial charge in [0.25, 0.3) is 5.91 Å². The third kappa shape index (κ3) is 2.33. The minimum atomic E-state index is -0.189. The zero-order valence-electron chi connectivity index (χ0n) is 11.1. The van der Waals surface area contributed by atoms with Gasteiger partial charge in [-0.25, -0.2) is 0 Å². The van der Waals surface area contributed by atoms with Crippen molar-refractivity contribution >= 4 is 29.0 Å². The number of rotatable bonds is 4. The standard InChI is InChI=1S/C15H16N2O2S/c16-12(20)8-15(5-6-15)9-17-13(18)7-10-3-1-2-4-11(10)14(17)19/h1-4H,5-9H2,(H2,16,20). The summed E-state index contributed by atoms with van der Waals surface area (Å²) >= 11 is 4.96. The molecule has 4 nitrogen and oxygen atoms in total. The van der Waals surface area contributed by atoms with Gasteiger partial charge >= 0.3 is 0 Å². The van der Waals surface area contributed by atoms with Gasteiger partial charge in [-0.05, 0) is 29.9 Å². The van der Waals surface area contributed by atoms with Gasteiger partial charge in [-0.1, -0.05) is 30.4 Å². The number of hydrogen-bond donors (Lipinski definition) is 1. The van der Waals surface area contributed by atoms with Crippen LogP contribution in [0.25, 0.3) is 0 Å². The molecule has 2 amide bonds. The van der Waals surface area contributed by atoms with Crippen LogP contribution in [-0.4, -0.2) is 28.2 Å². The molecule has 0 aromatic heterocycles. The molecule has 0 radical (unpaired) electrons. The highest BCUT2D eigenvalue weighted by atomic mass is 32.1. The van der Waals surface area contributed by atoms with Crippen LogP contribution in [0.1, 0.15) is 35.2 Å². The Morgan fingerprint density at radius 3 is 2.65 bits per heavy atom. The number of carbonyl (C=O) groups excluding carboxylic acids is 2. The summed E-state index contributed by atoms with van der Waals surface area (Å²) in [5.74, 6) is -0.311. The van der Waals surface area contributed by atoms with Gasteiger partial charge in [0, 0.05) is 18.5 Å². The van der Waals surface area contributed by atoms with Gasteiger partial charge in [0.05, 0.1) is 11.4 Å². The molecule has 0 saturated heterocycles. The van der Waals surface area contributed by atoms with Crippen molar-refractivity contribution in [2.75, 3.05) is 6.54 Å². The lowest BCUT2D eigenvalue weighted by molar-refractivity contribution is -0.129. The highest BCUT2D eigenvalue weighted by Crippen LogP contribution is 2.49. The Kier molecular flexibility index (Phi) is 3.09. The first kappa shape index (κ1) is 13.2. The fourth-order valence-electron chi connectivity index (χ4n) is 2.83. The molecule has 1 aromatic carbocycles. The van der Waals surface area contributed by atoms with E-state index in [2.05, 4.69) is 0 Å². The van der Waals surface area contributed by atoms with E-state index >= 15 is 0 Å². The number of benzene rings is 1. The van der Waals surface area contributed by atoms with Crippen molar-refractivity contribution < 1.29 is 9.59 Å². The molecule has 0 unspecified atom stereocenters. The van der Waals surface area contributed by atoms with Crippen LogP contribution < -0.4 is 5.73 Å². The molecular weight excluding hydrogens is 272 g/mol. The van der Waals surface area contributed by atoms with Gasteiger partial charge in [-0.15, -0.1) is 0 Å². The molecule has 0 bridgehead atoms. The van der Waals surface area contributed by atoms with Crippen LogP contribution in [-0.2, 0) is 11.2 Å². The second-order valence-corrected chi connectivity index (χ2v) is 6.29. The number of nitrogens with zero attached hydrogens (tertiary/aromatic N) is 1. The zero-order chi connectivity index (χ0) is 14.3. The van der Waals surface area contributed by atoms with E-state index in [4.69, 9.17) is 18.0 Å². The molecule has 20 heavy (non-hydrogen) atoms. The number of imide groups is 1. The molecule has 1 aromatic rings. The van der Waals surface area contributed by atoms with Gasteiger partial charge < -0.3 is 5.73 Å². The summed E-state index contributed by atoms with van der Waals surface area (Å²) in [7, 11) is 0. The van der Waals surface area contributed by atoms with Crippen molar-refractivity contribution in [3.63, 3.8) is 0 Å². The number of carbonyl (C=O) groups is 2. The van der Waals surface area contributed by atoms with E-state index in [1.807, 2.05) is 18.2 Å². The van der Waals surface area contributed by atoms with Crippen molar-refractivity contribution in [3.8, 4) is 0 Å². The predicted molar refractivity (Wildman–Crippen MR) is 79.3 cm³/mol. The SMILES string of the molecule is NC(=S)CC1(CN2C(=O)Cc3ccccc3C2=O)CC1. The Morgan fingerprint density at radius 2 is 2.00 bits per heavy atom. The highest BCUT2D eigenvalue weighted by molar-refractivity contribution is 7.80. The molecule has 0 atom stereocenters. The number of nitrogens with two attached hydrogens (primary N) is 1. The van der Waals surface area contributed by atoms with Crippen LogP contribution in [0, 0.1) is 5.41 Å². The number of fused-ring (bicyclic) bond motifs is 1. The molecule has 2 aliphatic rings. The van der Waals surface area contributed by atoms with Gasteiger partial charge in [0.1, 0.15) is 0 Å². The van der Waals surface area contributed by atoms with E-state index in [0.29, 0.717) is 29.9 Å². The highest BCUT2D eigenvalue weighted by Gasteiger charge is 2.47. The fraction of sp³-hybridized carbons (Fsp3) is 0.400. The van der Waals surface area contributed by atoms with Gasteiger partial charge in [-0.3, -0.25) is 14.5 Å². The number of thiocarbonyl (C=S) groups is 1. The summed E-state index contributed by atoms with van der Waals surface area (Å²) in [6.45, 7) is 0.441. The molecule has 5 heteroatoms. The van der Waals surface area contributed by atoms with Crippen LogP contribution in [0.4, 0.5) is 0 Å². The van der Waals surface area contributed by atoms with Crippen LogP contribution in [0.15, 0.2) is 24.3 Å². The second kappa shape index (κ2) is 4.66. The molecule has 1 heterocycles. The van der Waals surface area contributed by atoms with E-state index in [-0.39, 0.29) is 17.2 Å². The lowest BCUT2D eigenvalue weighted by Crippen LogP contribution is -2.45. The average molecular weight is 288 g/mol. The Hall–Kier alpha value is -1.75. The molecule has 1 saturated carbocycles. The second-order valence-electron chi connectivity index (χ2n) is 5.76. The van der Waals surface area contributed by atoms with Crippen molar-refractivity contribution in [1.82, 2.24) is 4.90 Å².